The van der Waals surface area contributed by atoms with Gasteiger partial charge >= 0.3 is 17.8 Å². The number of rotatable bonds is 7. The van der Waals surface area contributed by atoms with E-state index in [0.717, 1.165) is 11.1 Å². The van der Waals surface area contributed by atoms with Crippen LogP contribution < -0.4 is 20.8 Å². The fourth-order valence-corrected chi connectivity index (χ4v) is 3.69. The van der Waals surface area contributed by atoms with E-state index in [1.807, 2.05) is 44.2 Å². The minimum atomic E-state index is -1.02. The quantitative estimate of drug-likeness (QED) is 0.103. The maximum absolute atomic E-state index is 12.8. The lowest BCUT2D eigenvalue weighted by molar-refractivity contribution is -0.136. The molecule has 0 saturated carbocycles. The molecule has 40 heavy (non-hydrogen) atoms. The third-order valence-corrected chi connectivity index (χ3v) is 5.74. The summed E-state index contributed by atoms with van der Waals surface area (Å²) in [6.07, 6.45) is 1.33. The summed E-state index contributed by atoms with van der Waals surface area (Å²) in [6.45, 7) is 3.73. The number of hydrogen-bond acceptors (Lipinski definition) is 6. The first kappa shape index (κ1) is 27.5. The van der Waals surface area contributed by atoms with Crippen molar-refractivity contribution in [3.05, 3.63) is 125 Å². The molecule has 0 saturated heterocycles. The second-order valence-corrected chi connectivity index (χ2v) is 8.80. The highest BCUT2D eigenvalue weighted by Gasteiger charge is 2.18. The average molecular weight is 535 g/mol. The van der Waals surface area contributed by atoms with Gasteiger partial charge in [0.25, 0.3) is 5.91 Å². The van der Waals surface area contributed by atoms with Gasteiger partial charge in [-0.1, -0.05) is 42.5 Å². The lowest BCUT2D eigenvalue weighted by Gasteiger charge is -2.11. The normalized spacial score (nSPS) is 10.6. The van der Waals surface area contributed by atoms with Crippen molar-refractivity contribution >= 4 is 41.3 Å². The molecule has 0 aliphatic carbocycles. The van der Waals surface area contributed by atoms with E-state index in [-0.39, 0.29) is 11.3 Å². The zero-order valence-electron chi connectivity index (χ0n) is 21.8. The number of benzene rings is 4. The van der Waals surface area contributed by atoms with Crippen LogP contribution in [-0.4, -0.2) is 29.9 Å². The largest absolute Gasteiger partial charge is 0.423 e. The fourth-order valence-electron chi connectivity index (χ4n) is 3.69. The SMILES string of the molecule is Cc1cccc(NC(=O)c2ccccc2NC(=O)C(=O)N/N=C\c2ccc(OC(=O)c3ccccc3C)cc2)c1. The molecule has 4 aromatic carbocycles. The highest BCUT2D eigenvalue weighted by atomic mass is 16.5. The van der Waals surface area contributed by atoms with Crippen molar-refractivity contribution in [2.45, 2.75) is 13.8 Å². The molecular formula is C31H26N4O5. The molecule has 0 fully saturated rings. The Kier molecular flexibility index (Phi) is 8.78. The van der Waals surface area contributed by atoms with Crippen molar-refractivity contribution in [1.82, 2.24) is 5.43 Å². The molecule has 9 heteroatoms. The van der Waals surface area contributed by atoms with Crippen LogP contribution >= 0.6 is 0 Å². The first-order valence-electron chi connectivity index (χ1n) is 12.3. The minimum Gasteiger partial charge on any atom is -0.423 e. The first-order valence-corrected chi connectivity index (χ1v) is 12.3. The van der Waals surface area contributed by atoms with Crippen LogP contribution in [0.15, 0.2) is 102 Å². The first-order chi connectivity index (χ1) is 19.3. The fraction of sp³-hybridized carbons (Fsp3) is 0.0645. The summed E-state index contributed by atoms with van der Waals surface area (Å²) in [5, 5.41) is 9.03. The third kappa shape index (κ3) is 7.26. The van der Waals surface area contributed by atoms with Crippen LogP contribution in [0.25, 0.3) is 0 Å². The van der Waals surface area contributed by atoms with Crippen LogP contribution in [0.3, 0.4) is 0 Å². The monoisotopic (exact) mass is 534 g/mol. The molecule has 0 bridgehead atoms. The van der Waals surface area contributed by atoms with Crippen LogP contribution in [0.5, 0.6) is 5.75 Å². The molecule has 0 heterocycles. The molecule has 9 nitrogen and oxygen atoms in total. The molecule has 0 unspecified atom stereocenters. The standard InChI is InChI=1S/C31H26N4O5/c1-20-8-7-10-23(18-20)33-28(36)26-12-5-6-13-27(26)34-29(37)30(38)35-32-19-22-14-16-24(17-15-22)40-31(39)25-11-4-3-9-21(25)2/h3-19H,1-2H3,(H,33,36)(H,34,37)(H,35,38)/b32-19-. The molecule has 3 N–H and O–H groups in total. The van der Waals surface area contributed by atoms with E-state index in [2.05, 4.69) is 21.2 Å². The number of carbonyl (C=O) groups is 4. The highest BCUT2D eigenvalue weighted by molar-refractivity contribution is 6.40. The van der Waals surface area contributed by atoms with E-state index < -0.39 is 23.7 Å². The number of esters is 1. The van der Waals surface area contributed by atoms with E-state index in [4.69, 9.17) is 4.74 Å². The second-order valence-electron chi connectivity index (χ2n) is 8.80. The van der Waals surface area contributed by atoms with Crippen molar-refractivity contribution < 1.29 is 23.9 Å². The van der Waals surface area contributed by atoms with Gasteiger partial charge in [0.2, 0.25) is 0 Å². The summed E-state index contributed by atoms with van der Waals surface area (Å²) < 4.78 is 5.40. The van der Waals surface area contributed by atoms with Gasteiger partial charge in [-0.3, -0.25) is 14.4 Å². The number of hydrogen-bond donors (Lipinski definition) is 3. The van der Waals surface area contributed by atoms with Crippen molar-refractivity contribution in [2.75, 3.05) is 10.6 Å². The Morgan fingerprint density at radius 3 is 2.15 bits per heavy atom. The van der Waals surface area contributed by atoms with Crippen molar-refractivity contribution in [3.63, 3.8) is 0 Å². The van der Waals surface area contributed by atoms with Gasteiger partial charge < -0.3 is 15.4 Å². The van der Waals surface area contributed by atoms with Gasteiger partial charge in [-0.05, 0) is 85.1 Å². The summed E-state index contributed by atoms with van der Waals surface area (Å²) in [4.78, 5) is 49.9. The van der Waals surface area contributed by atoms with Gasteiger partial charge in [0, 0.05) is 5.69 Å². The summed E-state index contributed by atoms with van der Waals surface area (Å²) in [5.41, 5.74) is 5.98. The molecule has 0 aromatic heterocycles. The maximum atomic E-state index is 12.8. The Morgan fingerprint density at radius 1 is 0.725 bits per heavy atom. The Bertz CT molecular complexity index is 1600. The van der Waals surface area contributed by atoms with E-state index >= 15 is 0 Å². The summed E-state index contributed by atoms with van der Waals surface area (Å²) >= 11 is 0. The van der Waals surface area contributed by atoms with Crippen LogP contribution in [0, 0.1) is 13.8 Å². The van der Waals surface area contributed by atoms with E-state index in [0.29, 0.717) is 22.6 Å². The highest BCUT2D eigenvalue weighted by Crippen LogP contribution is 2.18. The number of anilines is 2. The van der Waals surface area contributed by atoms with Gasteiger partial charge in [-0.2, -0.15) is 5.10 Å². The lowest BCUT2D eigenvalue weighted by Crippen LogP contribution is -2.33. The van der Waals surface area contributed by atoms with Gasteiger partial charge in [-0.15, -0.1) is 0 Å². The number of ether oxygens (including phenoxy) is 1. The molecule has 4 rings (SSSR count). The lowest BCUT2D eigenvalue weighted by atomic mass is 10.1. The van der Waals surface area contributed by atoms with Gasteiger partial charge in [0.15, 0.2) is 0 Å². The number of aryl methyl sites for hydroxylation is 2. The maximum Gasteiger partial charge on any atom is 0.343 e. The number of carbonyl (C=O) groups excluding carboxylic acids is 4. The van der Waals surface area contributed by atoms with Crippen LogP contribution in [-0.2, 0) is 9.59 Å². The Labute approximate surface area is 230 Å². The molecule has 0 aliphatic rings. The van der Waals surface area contributed by atoms with Gasteiger partial charge in [-0.25, -0.2) is 10.2 Å². The Morgan fingerprint density at radius 2 is 1.43 bits per heavy atom. The molecule has 200 valence electrons. The summed E-state index contributed by atoms with van der Waals surface area (Å²) in [5.74, 6) is -2.57. The van der Waals surface area contributed by atoms with Crippen molar-refractivity contribution in [1.29, 1.82) is 0 Å². The predicted octanol–water partition coefficient (Wildman–Crippen LogP) is 4.86. The zero-order chi connectivity index (χ0) is 28.5. The molecule has 0 radical (unpaired) electrons. The van der Waals surface area contributed by atoms with Crippen LogP contribution in [0.4, 0.5) is 11.4 Å². The number of para-hydroxylation sites is 1. The van der Waals surface area contributed by atoms with Crippen LogP contribution in [0.1, 0.15) is 37.4 Å². The van der Waals surface area contributed by atoms with E-state index in [1.165, 1.54) is 12.3 Å². The second kappa shape index (κ2) is 12.8. The van der Waals surface area contributed by atoms with Crippen LogP contribution in [0.2, 0.25) is 0 Å². The Balaban J connectivity index is 1.31. The van der Waals surface area contributed by atoms with E-state index in [9.17, 15) is 19.2 Å². The van der Waals surface area contributed by atoms with Gasteiger partial charge in [0.1, 0.15) is 5.75 Å². The number of nitrogens with zero attached hydrogens (tertiary/aromatic N) is 1. The van der Waals surface area contributed by atoms with Gasteiger partial charge in [0.05, 0.1) is 23.0 Å². The van der Waals surface area contributed by atoms with Crippen molar-refractivity contribution in [3.8, 4) is 5.75 Å². The smallest absolute Gasteiger partial charge is 0.343 e. The topological polar surface area (TPSA) is 126 Å². The number of hydrazone groups is 1. The third-order valence-electron chi connectivity index (χ3n) is 5.74. The molecule has 3 amide bonds. The molecule has 0 atom stereocenters. The Hall–Kier alpha value is -5.57. The average Bonchev–Trinajstić information content (AvgIpc) is 2.94. The minimum absolute atomic E-state index is 0.174. The zero-order valence-corrected chi connectivity index (χ0v) is 21.8. The molecule has 0 aliphatic heterocycles. The number of nitrogens with one attached hydrogen (secondary N) is 3. The molecule has 0 spiro atoms. The predicted molar refractivity (Wildman–Crippen MR) is 153 cm³/mol. The number of amides is 3. The van der Waals surface area contributed by atoms with E-state index in [1.54, 1.807) is 60.7 Å². The molecule has 4 aromatic rings. The molecular weight excluding hydrogens is 508 g/mol. The summed E-state index contributed by atoms with van der Waals surface area (Å²) in [6, 6.07) is 27.2. The summed E-state index contributed by atoms with van der Waals surface area (Å²) in [7, 11) is 0. The van der Waals surface area contributed by atoms with Crippen molar-refractivity contribution in [2.24, 2.45) is 5.10 Å².